The molecule has 1 unspecified atom stereocenters. The molecule has 3 heteroatoms. The number of Topliss-reactive ketones (excluding diaryl/α,β-unsaturated/α-hetero) is 1. The number of rotatable bonds is 5. The predicted octanol–water partition coefficient (Wildman–Crippen LogP) is 4.29. The number of nitrogens with zero attached hydrogens (tertiary/aromatic N) is 1. The monoisotopic (exact) mass is 323 g/mol. The number of ketones is 1. The number of hydrogen-bond acceptors (Lipinski definition) is 2. The van der Waals surface area contributed by atoms with Crippen LogP contribution in [0.1, 0.15) is 49.4 Å². The molecule has 19 heavy (non-hydrogen) atoms. The van der Waals surface area contributed by atoms with Crippen LogP contribution in [0.4, 0.5) is 0 Å². The van der Waals surface area contributed by atoms with E-state index in [4.69, 9.17) is 0 Å². The second-order valence-electron chi connectivity index (χ2n) is 5.34. The van der Waals surface area contributed by atoms with Crippen molar-refractivity contribution in [2.24, 2.45) is 0 Å². The Kier molecular flexibility index (Phi) is 5.59. The maximum absolute atomic E-state index is 12.4. The summed E-state index contributed by atoms with van der Waals surface area (Å²) >= 11 is 3.43. The topological polar surface area (TPSA) is 20.3 Å². The van der Waals surface area contributed by atoms with E-state index < -0.39 is 0 Å². The molecule has 1 saturated heterocycles. The van der Waals surface area contributed by atoms with Gasteiger partial charge < -0.3 is 0 Å². The van der Waals surface area contributed by atoms with E-state index in [-0.39, 0.29) is 5.78 Å². The van der Waals surface area contributed by atoms with Crippen LogP contribution in [0, 0.1) is 0 Å². The zero-order valence-electron chi connectivity index (χ0n) is 11.6. The van der Waals surface area contributed by atoms with Gasteiger partial charge in [-0.25, -0.2) is 0 Å². The van der Waals surface area contributed by atoms with Crippen LogP contribution in [0.5, 0.6) is 0 Å². The highest BCUT2D eigenvalue weighted by molar-refractivity contribution is 9.10. The molecule has 0 N–H and O–H groups in total. The first-order valence-electron chi connectivity index (χ1n) is 7.23. The lowest BCUT2D eigenvalue weighted by atomic mass is 9.97. The molecule has 1 heterocycles. The molecule has 0 bridgehead atoms. The van der Waals surface area contributed by atoms with Gasteiger partial charge in [0.1, 0.15) is 0 Å². The lowest BCUT2D eigenvalue weighted by Gasteiger charge is -2.35. The van der Waals surface area contributed by atoms with Crippen molar-refractivity contribution in [1.29, 1.82) is 0 Å². The van der Waals surface area contributed by atoms with E-state index in [2.05, 4.69) is 27.8 Å². The summed E-state index contributed by atoms with van der Waals surface area (Å²) in [6.45, 7) is 3.87. The fourth-order valence-corrected chi connectivity index (χ4v) is 3.27. The molecule has 2 nitrogen and oxygen atoms in total. The van der Waals surface area contributed by atoms with E-state index >= 15 is 0 Å². The molecule has 0 amide bonds. The Hall–Kier alpha value is -0.670. The van der Waals surface area contributed by atoms with Gasteiger partial charge in [-0.1, -0.05) is 47.8 Å². The van der Waals surface area contributed by atoms with Gasteiger partial charge in [-0.15, -0.1) is 0 Å². The first kappa shape index (κ1) is 14.7. The number of halogens is 1. The minimum atomic E-state index is 0.240. The largest absolute Gasteiger partial charge is 0.293 e. The molecule has 1 aromatic rings. The van der Waals surface area contributed by atoms with Crippen LogP contribution in [-0.4, -0.2) is 29.8 Å². The van der Waals surface area contributed by atoms with Crippen molar-refractivity contribution in [3.05, 3.63) is 34.3 Å². The standard InChI is InChI=1S/C16H22BrNO/c1-2-6-15-9-3-4-10-18(15)12-16(19)13-7-5-8-14(17)11-13/h5,7-8,11,15H,2-4,6,9-10,12H2,1H3. The number of likely N-dealkylation sites (tertiary alicyclic amines) is 1. The highest BCUT2D eigenvalue weighted by Gasteiger charge is 2.23. The third-order valence-corrected chi connectivity index (χ3v) is 4.36. The van der Waals surface area contributed by atoms with Crippen LogP contribution in [-0.2, 0) is 0 Å². The van der Waals surface area contributed by atoms with Gasteiger partial charge in [-0.2, -0.15) is 0 Å². The van der Waals surface area contributed by atoms with Crippen LogP contribution in [0.25, 0.3) is 0 Å². The van der Waals surface area contributed by atoms with Crippen molar-refractivity contribution < 1.29 is 4.79 Å². The second-order valence-corrected chi connectivity index (χ2v) is 6.26. The van der Waals surface area contributed by atoms with Gasteiger partial charge in [-0.3, -0.25) is 9.69 Å². The first-order valence-corrected chi connectivity index (χ1v) is 8.03. The maximum Gasteiger partial charge on any atom is 0.176 e. The van der Waals surface area contributed by atoms with Gasteiger partial charge in [0, 0.05) is 16.1 Å². The van der Waals surface area contributed by atoms with Crippen LogP contribution in [0.3, 0.4) is 0 Å². The summed E-state index contributed by atoms with van der Waals surface area (Å²) in [5.74, 6) is 0.240. The Balaban J connectivity index is 2.00. The maximum atomic E-state index is 12.4. The quantitative estimate of drug-likeness (QED) is 0.753. The molecule has 0 aliphatic carbocycles. The molecule has 0 spiro atoms. The molecular weight excluding hydrogens is 302 g/mol. The lowest BCUT2D eigenvalue weighted by Crippen LogP contribution is -2.42. The van der Waals surface area contributed by atoms with E-state index in [1.807, 2.05) is 24.3 Å². The third kappa shape index (κ3) is 4.15. The zero-order chi connectivity index (χ0) is 13.7. The number of piperidine rings is 1. The molecular formula is C16H22BrNO. The molecule has 1 aliphatic rings. The first-order chi connectivity index (χ1) is 9.20. The molecule has 1 atom stereocenters. The van der Waals surface area contributed by atoms with Crippen LogP contribution in [0.15, 0.2) is 28.7 Å². The highest BCUT2D eigenvalue weighted by Crippen LogP contribution is 2.21. The molecule has 0 aromatic heterocycles. The SMILES string of the molecule is CCCC1CCCCN1CC(=O)c1cccc(Br)c1. The summed E-state index contributed by atoms with van der Waals surface area (Å²) in [7, 11) is 0. The van der Waals surface area contributed by atoms with Gasteiger partial charge in [0.2, 0.25) is 0 Å². The molecule has 1 aromatic carbocycles. The summed E-state index contributed by atoms with van der Waals surface area (Å²) in [4.78, 5) is 14.7. The van der Waals surface area contributed by atoms with Gasteiger partial charge in [0.15, 0.2) is 5.78 Å². The highest BCUT2D eigenvalue weighted by atomic mass is 79.9. The normalized spacial score (nSPS) is 20.4. The van der Waals surface area contributed by atoms with Gasteiger partial charge in [-0.05, 0) is 37.9 Å². The fourth-order valence-electron chi connectivity index (χ4n) is 2.87. The van der Waals surface area contributed by atoms with Crippen molar-refractivity contribution in [1.82, 2.24) is 4.90 Å². The molecule has 2 rings (SSSR count). The van der Waals surface area contributed by atoms with Crippen LogP contribution < -0.4 is 0 Å². The van der Waals surface area contributed by atoms with Crippen molar-refractivity contribution in [3.63, 3.8) is 0 Å². The average Bonchev–Trinajstić information content (AvgIpc) is 2.41. The summed E-state index contributed by atoms with van der Waals surface area (Å²) < 4.78 is 0.974. The third-order valence-electron chi connectivity index (χ3n) is 3.86. The summed E-state index contributed by atoms with van der Waals surface area (Å²) in [5, 5.41) is 0. The molecule has 0 radical (unpaired) electrons. The Morgan fingerprint density at radius 1 is 1.42 bits per heavy atom. The molecule has 104 valence electrons. The van der Waals surface area contributed by atoms with Crippen molar-refractivity contribution >= 4 is 21.7 Å². The van der Waals surface area contributed by atoms with Gasteiger partial charge >= 0.3 is 0 Å². The second kappa shape index (κ2) is 7.20. The van der Waals surface area contributed by atoms with Gasteiger partial charge in [0.25, 0.3) is 0 Å². The lowest BCUT2D eigenvalue weighted by molar-refractivity contribution is 0.0831. The summed E-state index contributed by atoms with van der Waals surface area (Å²) in [6.07, 6.45) is 6.20. The van der Waals surface area contributed by atoms with Crippen LogP contribution in [0.2, 0.25) is 0 Å². The van der Waals surface area contributed by atoms with E-state index in [0.29, 0.717) is 12.6 Å². The Bertz CT molecular complexity index is 431. The van der Waals surface area contributed by atoms with E-state index in [1.165, 1.54) is 32.1 Å². The summed E-state index contributed by atoms with van der Waals surface area (Å²) in [6, 6.07) is 8.32. The Morgan fingerprint density at radius 2 is 2.26 bits per heavy atom. The number of benzene rings is 1. The molecule has 1 fully saturated rings. The number of carbonyl (C=O) groups is 1. The van der Waals surface area contributed by atoms with E-state index in [1.54, 1.807) is 0 Å². The number of hydrogen-bond donors (Lipinski definition) is 0. The van der Waals surface area contributed by atoms with Crippen molar-refractivity contribution in [2.75, 3.05) is 13.1 Å². The smallest absolute Gasteiger partial charge is 0.176 e. The van der Waals surface area contributed by atoms with E-state index in [0.717, 1.165) is 16.6 Å². The van der Waals surface area contributed by atoms with Crippen LogP contribution >= 0.6 is 15.9 Å². The Labute approximate surface area is 124 Å². The van der Waals surface area contributed by atoms with Gasteiger partial charge in [0.05, 0.1) is 6.54 Å². The minimum Gasteiger partial charge on any atom is -0.293 e. The molecule has 1 aliphatic heterocycles. The van der Waals surface area contributed by atoms with Crippen molar-refractivity contribution in [3.8, 4) is 0 Å². The summed E-state index contributed by atoms with van der Waals surface area (Å²) in [5.41, 5.74) is 0.815. The fraction of sp³-hybridized carbons (Fsp3) is 0.562. The Morgan fingerprint density at radius 3 is 3.00 bits per heavy atom. The number of carbonyl (C=O) groups excluding carboxylic acids is 1. The zero-order valence-corrected chi connectivity index (χ0v) is 13.2. The average molecular weight is 324 g/mol. The van der Waals surface area contributed by atoms with E-state index in [9.17, 15) is 4.79 Å². The minimum absolute atomic E-state index is 0.240. The van der Waals surface area contributed by atoms with Crippen molar-refractivity contribution in [2.45, 2.75) is 45.1 Å². The molecule has 0 saturated carbocycles. The predicted molar refractivity (Wildman–Crippen MR) is 82.6 cm³/mol.